The van der Waals surface area contributed by atoms with Crippen LogP contribution in [0.5, 0.6) is 0 Å². The molecule has 0 bridgehead atoms. The first-order chi connectivity index (χ1) is 7.83. The van der Waals surface area contributed by atoms with Gasteiger partial charge in [-0.1, -0.05) is 24.3 Å². The van der Waals surface area contributed by atoms with Gasteiger partial charge in [-0.15, -0.1) is 0 Å². The fourth-order valence-electron chi connectivity index (χ4n) is 1.75. The maximum absolute atomic E-state index is 8.53. The van der Waals surface area contributed by atoms with Gasteiger partial charge in [0.1, 0.15) is 0 Å². The maximum Gasteiger partial charge on any atom is 0.0912 e. The topological polar surface area (TPSA) is 39.6 Å². The first-order valence-corrected chi connectivity index (χ1v) is 5.12. The van der Waals surface area contributed by atoms with E-state index in [4.69, 9.17) is 5.26 Å². The molecule has 0 spiro atoms. The van der Waals surface area contributed by atoms with E-state index in [-0.39, 0.29) is 0 Å². The van der Waals surface area contributed by atoms with Crippen molar-refractivity contribution in [3.8, 4) is 17.2 Å². The lowest BCUT2D eigenvalue weighted by atomic mass is 10.00. The summed E-state index contributed by atoms with van der Waals surface area (Å²) >= 11 is 0. The van der Waals surface area contributed by atoms with E-state index in [0.717, 1.165) is 11.1 Å². The molecule has 16 heavy (non-hydrogen) atoms. The SMILES string of the molecule is Cc1ccccc1-c1c[nH]cc1C=CC#N. The summed E-state index contributed by atoms with van der Waals surface area (Å²) in [4.78, 5) is 3.07. The minimum absolute atomic E-state index is 1.04. The Morgan fingerprint density at radius 1 is 1.19 bits per heavy atom. The molecule has 78 valence electrons. The van der Waals surface area contributed by atoms with Gasteiger partial charge in [0, 0.05) is 29.6 Å². The van der Waals surface area contributed by atoms with Crippen LogP contribution >= 0.6 is 0 Å². The van der Waals surface area contributed by atoms with Crippen LogP contribution in [-0.4, -0.2) is 4.98 Å². The van der Waals surface area contributed by atoms with Crippen LogP contribution in [-0.2, 0) is 0 Å². The number of nitriles is 1. The number of H-pyrrole nitrogens is 1. The van der Waals surface area contributed by atoms with Gasteiger partial charge in [-0.2, -0.15) is 5.26 Å². The van der Waals surface area contributed by atoms with Gasteiger partial charge in [0.05, 0.1) is 6.07 Å². The number of nitrogens with zero attached hydrogens (tertiary/aromatic N) is 1. The van der Waals surface area contributed by atoms with Crippen molar-refractivity contribution in [3.05, 3.63) is 53.9 Å². The number of allylic oxidation sites excluding steroid dienone is 1. The third-order valence-corrected chi connectivity index (χ3v) is 2.55. The monoisotopic (exact) mass is 208 g/mol. The Morgan fingerprint density at radius 2 is 2.00 bits per heavy atom. The first kappa shape index (κ1) is 10.3. The predicted molar refractivity (Wildman–Crippen MR) is 65.6 cm³/mol. The molecular weight excluding hydrogens is 196 g/mol. The lowest BCUT2D eigenvalue weighted by molar-refractivity contribution is 1.40. The van der Waals surface area contributed by atoms with E-state index in [0.29, 0.717) is 0 Å². The maximum atomic E-state index is 8.53. The smallest absolute Gasteiger partial charge is 0.0912 e. The Bertz CT molecular complexity index is 556. The van der Waals surface area contributed by atoms with E-state index < -0.39 is 0 Å². The normalized spacial score (nSPS) is 10.5. The van der Waals surface area contributed by atoms with Gasteiger partial charge in [-0.3, -0.25) is 0 Å². The van der Waals surface area contributed by atoms with Crippen molar-refractivity contribution in [2.24, 2.45) is 0 Å². The summed E-state index contributed by atoms with van der Waals surface area (Å²) in [7, 11) is 0. The summed E-state index contributed by atoms with van der Waals surface area (Å²) in [6, 6.07) is 10.2. The lowest BCUT2D eigenvalue weighted by Crippen LogP contribution is -1.82. The number of nitrogens with one attached hydrogen (secondary N) is 1. The molecule has 2 aromatic rings. The number of rotatable bonds is 2. The highest BCUT2D eigenvalue weighted by Gasteiger charge is 2.05. The highest BCUT2D eigenvalue weighted by Crippen LogP contribution is 2.27. The van der Waals surface area contributed by atoms with Crippen LogP contribution in [0.25, 0.3) is 17.2 Å². The molecule has 0 aliphatic carbocycles. The molecule has 0 radical (unpaired) electrons. The van der Waals surface area contributed by atoms with Crippen molar-refractivity contribution in [3.63, 3.8) is 0 Å². The van der Waals surface area contributed by atoms with E-state index >= 15 is 0 Å². The molecule has 1 N–H and O–H groups in total. The van der Waals surface area contributed by atoms with E-state index in [9.17, 15) is 0 Å². The number of aromatic nitrogens is 1. The molecule has 0 saturated carbocycles. The average Bonchev–Trinajstić information content (AvgIpc) is 2.75. The molecule has 1 aromatic heterocycles. The molecule has 0 amide bonds. The molecule has 0 saturated heterocycles. The van der Waals surface area contributed by atoms with Crippen molar-refractivity contribution < 1.29 is 0 Å². The molecule has 0 atom stereocenters. The van der Waals surface area contributed by atoms with Crippen LogP contribution < -0.4 is 0 Å². The third-order valence-electron chi connectivity index (χ3n) is 2.55. The van der Waals surface area contributed by atoms with Crippen molar-refractivity contribution >= 4 is 6.08 Å². The molecule has 2 rings (SSSR count). The van der Waals surface area contributed by atoms with Crippen LogP contribution in [0.15, 0.2) is 42.7 Å². The van der Waals surface area contributed by atoms with Gasteiger partial charge in [-0.25, -0.2) is 0 Å². The second-order valence-electron chi connectivity index (χ2n) is 3.60. The number of aromatic amines is 1. The zero-order valence-electron chi connectivity index (χ0n) is 9.07. The summed E-state index contributed by atoms with van der Waals surface area (Å²) in [5, 5.41) is 8.53. The second kappa shape index (κ2) is 4.50. The molecule has 1 aromatic carbocycles. The van der Waals surface area contributed by atoms with E-state index in [1.807, 2.05) is 36.7 Å². The van der Waals surface area contributed by atoms with Crippen LogP contribution in [0.2, 0.25) is 0 Å². The summed E-state index contributed by atoms with van der Waals surface area (Å²) in [6.45, 7) is 2.08. The summed E-state index contributed by atoms with van der Waals surface area (Å²) < 4.78 is 0. The molecule has 2 heteroatoms. The molecule has 0 fully saturated rings. The van der Waals surface area contributed by atoms with Gasteiger partial charge in [0.15, 0.2) is 0 Å². The quantitative estimate of drug-likeness (QED) is 0.753. The van der Waals surface area contributed by atoms with Gasteiger partial charge in [0.25, 0.3) is 0 Å². The Hall–Kier alpha value is -2.27. The molecule has 2 nitrogen and oxygen atoms in total. The fraction of sp³-hybridized carbons (Fsp3) is 0.0714. The number of aryl methyl sites for hydroxylation is 1. The van der Waals surface area contributed by atoms with Gasteiger partial charge in [-0.05, 0) is 24.1 Å². The van der Waals surface area contributed by atoms with Crippen LogP contribution in [0.3, 0.4) is 0 Å². The largest absolute Gasteiger partial charge is 0.366 e. The highest BCUT2D eigenvalue weighted by molar-refractivity contribution is 5.77. The van der Waals surface area contributed by atoms with Crippen LogP contribution in [0.4, 0.5) is 0 Å². The second-order valence-corrected chi connectivity index (χ2v) is 3.60. The first-order valence-electron chi connectivity index (χ1n) is 5.12. The summed E-state index contributed by atoms with van der Waals surface area (Å²) in [5.41, 5.74) is 4.59. The summed E-state index contributed by atoms with van der Waals surface area (Å²) in [6.07, 6.45) is 7.16. The Balaban J connectivity index is 2.50. The summed E-state index contributed by atoms with van der Waals surface area (Å²) in [5.74, 6) is 0. The van der Waals surface area contributed by atoms with E-state index in [1.165, 1.54) is 17.2 Å². The minimum atomic E-state index is 1.04. The van der Waals surface area contributed by atoms with E-state index in [2.05, 4.69) is 24.0 Å². The van der Waals surface area contributed by atoms with Crippen LogP contribution in [0, 0.1) is 18.3 Å². The van der Waals surface area contributed by atoms with E-state index in [1.54, 1.807) is 0 Å². The lowest BCUT2D eigenvalue weighted by Gasteiger charge is -2.04. The minimum Gasteiger partial charge on any atom is -0.366 e. The molecule has 1 heterocycles. The molecule has 0 aliphatic heterocycles. The third kappa shape index (κ3) is 1.89. The molecule has 0 unspecified atom stereocenters. The Morgan fingerprint density at radius 3 is 2.75 bits per heavy atom. The van der Waals surface area contributed by atoms with Crippen molar-refractivity contribution in [2.45, 2.75) is 6.92 Å². The average molecular weight is 208 g/mol. The zero-order valence-corrected chi connectivity index (χ0v) is 9.07. The Labute approximate surface area is 94.9 Å². The highest BCUT2D eigenvalue weighted by atomic mass is 14.6. The van der Waals surface area contributed by atoms with Gasteiger partial charge < -0.3 is 4.98 Å². The zero-order chi connectivity index (χ0) is 11.4. The standard InChI is InChI=1S/C14H12N2/c1-11-5-2-3-7-13(11)14-10-16-9-12(14)6-4-8-15/h2-7,9-10,16H,1H3. The van der Waals surface area contributed by atoms with Crippen molar-refractivity contribution in [1.82, 2.24) is 4.98 Å². The number of hydrogen-bond donors (Lipinski definition) is 1. The Kier molecular flexibility index (Phi) is 2.88. The van der Waals surface area contributed by atoms with Crippen molar-refractivity contribution in [2.75, 3.05) is 0 Å². The van der Waals surface area contributed by atoms with Gasteiger partial charge >= 0.3 is 0 Å². The predicted octanol–water partition coefficient (Wildman–Crippen LogP) is 3.53. The van der Waals surface area contributed by atoms with Crippen LogP contribution in [0.1, 0.15) is 11.1 Å². The number of benzene rings is 1. The molecular formula is C14H12N2. The van der Waals surface area contributed by atoms with Gasteiger partial charge in [0.2, 0.25) is 0 Å². The van der Waals surface area contributed by atoms with Crippen molar-refractivity contribution in [1.29, 1.82) is 5.26 Å². The fourth-order valence-corrected chi connectivity index (χ4v) is 1.75. The molecule has 0 aliphatic rings. The number of hydrogen-bond acceptors (Lipinski definition) is 1.